The molecule has 1 aliphatic rings. The summed E-state index contributed by atoms with van der Waals surface area (Å²) in [6.45, 7) is 10.6. The van der Waals surface area contributed by atoms with Gasteiger partial charge < -0.3 is 24.8 Å². The molecule has 7 nitrogen and oxygen atoms in total. The number of nitrogens with one attached hydrogen (secondary N) is 1. The molecular weight excluding hydrogens is 368 g/mol. The van der Waals surface area contributed by atoms with Crippen LogP contribution in [0.5, 0.6) is 17.4 Å². The Bertz CT molecular complexity index is 763. The average molecular weight is 401 g/mol. The zero-order valence-corrected chi connectivity index (χ0v) is 17.8. The number of hydrogen-bond acceptors (Lipinski definition) is 7. The highest BCUT2D eigenvalue weighted by Gasteiger charge is 2.24. The van der Waals surface area contributed by atoms with Crippen LogP contribution in [0, 0.1) is 0 Å². The molecule has 2 aromatic rings. The summed E-state index contributed by atoms with van der Waals surface area (Å²) in [7, 11) is 0. The maximum Gasteiger partial charge on any atom is 0.229 e. The van der Waals surface area contributed by atoms with Crippen LogP contribution >= 0.6 is 0 Å². The zero-order chi connectivity index (χ0) is 20.8. The molecule has 0 atom stereocenters. The van der Waals surface area contributed by atoms with Gasteiger partial charge in [0.2, 0.25) is 11.8 Å². The standard InChI is InChI=1S/C22H32N4O3/c1-15(2)28-19-11-17(12-20(13-19)29-16(3)4)14-26(18-5-8-23-9-6-18)22-24-10-7-21(27)25-22/h7,10-13,15-16,18,23H,5-6,8-9,14H2,1-4H3,(H,24,25,27). The number of benzene rings is 1. The van der Waals surface area contributed by atoms with Gasteiger partial charge in [-0.2, -0.15) is 4.98 Å². The van der Waals surface area contributed by atoms with Crippen LogP contribution < -0.4 is 19.7 Å². The van der Waals surface area contributed by atoms with Crippen molar-refractivity contribution < 1.29 is 14.6 Å². The van der Waals surface area contributed by atoms with E-state index in [0.717, 1.165) is 43.0 Å². The zero-order valence-electron chi connectivity index (χ0n) is 17.8. The molecule has 158 valence electrons. The maximum atomic E-state index is 9.88. The first-order chi connectivity index (χ1) is 13.9. The van der Waals surface area contributed by atoms with Gasteiger partial charge in [-0.1, -0.05) is 0 Å². The molecule has 0 saturated carbocycles. The number of aromatic nitrogens is 2. The third-order valence-electron chi connectivity index (χ3n) is 4.67. The quantitative estimate of drug-likeness (QED) is 0.702. The van der Waals surface area contributed by atoms with E-state index in [1.54, 1.807) is 6.20 Å². The number of ether oxygens (including phenoxy) is 2. The Morgan fingerprint density at radius 3 is 2.24 bits per heavy atom. The normalized spacial score (nSPS) is 15.0. The number of nitrogens with zero attached hydrogens (tertiary/aromatic N) is 3. The van der Waals surface area contributed by atoms with Crippen LogP contribution in [0.15, 0.2) is 30.5 Å². The van der Waals surface area contributed by atoms with Crippen LogP contribution in [0.4, 0.5) is 5.95 Å². The Morgan fingerprint density at radius 1 is 1.07 bits per heavy atom. The van der Waals surface area contributed by atoms with Crippen molar-refractivity contribution in [2.75, 3.05) is 18.0 Å². The summed E-state index contributed by atoms with van der Waals surface area (Å²) in [6.07, 6.45) is 3.74. The van der Waals surface area contributed by atoms with Crippen LogP contribution in [0.2, 0.25) is 0 Å². The first kappa shape index (κ1) is 21.2. The van der Waals surface area contributed by atoms with Gasteiger partial charge in [-0.05, 0) is 71.3 Å². The highest BCUT2D eigenvalue weighted by Crippen LogP contribution is 2.28. The van der Waals surface area contributed by atoms with Crippen molar-refractivity contribution >= 4 is 5.95 Å². The molecule has 0 radical (unpaired) electrons. The topological polar surface area (TPSA) is 79.7 Å². The van der Waals surface area contributed by atoms with E-state index in [4.69, 9.17) is 9.47 Å². The molecule has 29 heavy (non-hydrogen) atoms. The first-order valence-electron chi connectivity index (χ1n) is 10.4. The van der Waals surface area contributed by atoms with Crippen molar-refractivity contribution in [2.45, 2.75) is 65.3 Å². The Hall–Kier alpha value is -2.54. The minimum Gasteiger partial charge on any atom is -0.493 e. The van der Waals surface area contributed by atoms with Crippen LogP contribution in [-0.2, 0) is 6.54 Å². The largest absolute Gasteiger partial charge is 0.493 e. The number of anilines is 1. The fourth-order valence-corrected chi connectivity index (χ4v) is 3.56. The van der Waals surface area contributed by atoms with Gasteiger partial charge >= 0.3 is 0 Å². The van der Waals surface area contributed by atoms with Crippen LogP contribution in [0.3, 0.4) is 0 Å². The fraction of sp³-hybridized carbons (Fsp3) is 0.545. The lowest BCUT2D eigenvalue weighted by Crippen LogP contribution is -2.43. The summed E-state index contributed by atoms with van der Waals surface area (Å²) in [5, 5.41) is 13.3. The molecule has 1 fully saturated rings. The van der Waals surface area contributed by atoms with Crippen molar-refractivity contribution in [1.82, 2.24) is 15.3 Å². The van der Waals surface area contributed by atoms with E-state index in [9.17, 15) is 5.11 Å². The Morgan fingerprint density at radius 2 is 1.69 bits per heavy atom. The minimum absolute atomic E-state index is 0.0188. The summed E-state index contributed by atoms with van der Waals surface area (Å²) in [6, 6.07) is 7.81. The van der Waals surface area contributed by atoms with Crippen LogP contribution in [-0.4, -0.2) is 46.4 Å². The van der Waals surface area contributed by atoms with Crippen molar-refractivity contribution in [3.8, 4) is 17.4 Å². The van der Waals surface area contributed by atoms with E-state index < -0.39 is 0 Å². The predicted molar refractivity (Wildman–Crippen MR) is 114 cm³/mol. The predicted octanol–water partition coefficient (Wildman–Crippen LogP) is 3.52. The molecule has 2 N–H and O–H groups in total. The molecule has 0 unspecified atom stereocenters. The number of hydrogen-bond donors (Lipinski definition) is 2. The fourth-order valence-electron chi connectivity index (χ4n) is 3.56. The molecule has 7 heteroatoms. The van der Waals surface area contributed by atoms with Gasteiger partial charge in [-0.15, -0.1) is 0 Å². The monoisotopic (exact) mass is 400 g/mol. The van der Waals surface area contributed by atoms with Crippen LogP contribution in [0.25, 0.3) is 0 Å². The summed E-state index contributed by atoms with van der Waals surface area (Å²) in [5.41, 5.74) is 1.06. The van der Waals surface area contributed by atoms with Gasteiger partial charge in [0, 0.05) is 30.9 Å². The highest BCUT2D eigenvalue weighted by atomic mass is 16.5. The molecule has 1 aromatic heterocycles. The summed E-state index contributed by atoms with van der Waals surface area (Å²) in [4.78, 5) is 10.9. The van der Waals surface area contributed by atoms with E-state index in [1.807, 2.05) is 45.9 Å². The smallest absolute Gasteiger partial charge is 0.229 e. The van der Waals surface area contributed by atoms with E-state index in [-0.39, 0.29) is 18.1 Å². The second-order valence-electron chi connectivity index (χ2n) is 7.97. The van der Waals surface area contributed by atoms with Crippen molar-refractivity contribution in [2.24, 2.45) is 0 Å². The lowest BCUT2D eigenvalue weighted by Gasteiger charge is -2.35. The van der Waals surface area contributed by atoms with Crippen molar-refractivity contribution in [3.63, 3.8) is 0 Å². The van der Waals surface area contributed by atoms with Crippen molar-refractivity contribution in [1.29, 1.82) is 0 Å². The van der Waals surface area contributed by atoms with Crippen LogP contribution in [0.1, 0.15) is 46.1 Å². The SMILES string of the molecule is CC(C)Oc1cc(CN(c2nccc(O)n2)C2CCNCC2)cc(OC(C)C)c1. The van der Waals surface area contributed by atoms with E-state index in [2.05, 4.69) is 20.2 Å². The van der Waals surface area contributed by atoms with E-state index in [1.165, 1.54) is 6.07 Å². The molecule has 1 aliphatic heterocycles. The average Bonchev–Trinajstić information content (AvgIpc) is 2.65. The number of aromatic hydroxyl groups is 1. The van der Waals surface area contributed by atoms with Crippen molar-refractivity contribution in [3.05, 3.63) is 36.0 Å². The third-order valence-corrected chi connectivity index (χ3v) is 4.67. The Balaban J connectivity index is 1.92. The summed E-state index contributed by atoms with van der Waals surface area (Å²) in [5.74, 6) is 2.10. The van der Waals surface area contributed by atoms with Gasteiger partial charge in [0.1, 0.15) is 11.5 Å². The minimum atomic E-state index is -0.0188. The second kappa shape index (κ2) is 9.78. The van der Waals surface area contributed by atoms with Gasteiger partial charge in [0.25, 0.3) is 0 Å². The molecule has 0 bridgehead atoms. The van der Waals surface area contributed by atoms with Gasteiger partial charge in [0.05, 0.1) is 12.2 Å². The number of rotatable bonds is 8. The summed E-state index contributed by atoms with van der Waals surface area (Å²) >= 11 is 0. The lowest BCUT2D eigenvalue weighted by atomic mass is 10.0. The first-order valence-corrected chi connectivity index (χ1v) is 10.4. The van der Waals surface area contributed by atoms with Gasteiger partial charge in [0.15, 0.2) is 0 Å². The van der Waals surface area contributed by atoms with Gasteiger partial charge in [-0.25, -0.2) is 4.98 Å². The molecule has 1 aromatic carbocycles. The van der Waals surface area contributed by atoms with E-state index in [0.29, 0.717) is 18.5 Å². The molecule has 2 heterocycles. The summed E-state index contributed by atoms with van der Waals surface area (Å²) < 4.78 is 11.9. The third kappa shape index (κ3) is 6.22. The molecule has 0 aliphatic carbocycles. The molecular formula is C22H32N4O3. The lowest BCUT2D eigenvalue weighted by molar-refractivity contribution is 0.228. The second-order valence-corrected chi connectivity index (χ2v) is 7.97. The Kier molecular flexibility index (Phi) is 7.14. The molecule has 0 spiro atoms. The van der Waals surface area contributed by atoms with Gasteiger partial charge in [-0.3, -0.25) is 0 Å². The molecule has 1 saturated heterocycles. The maximum absolute atomic E-state index is 9.88. The van der Waals surface area contributed by atoms with E-state index >= 15 is 0 Å². The highest BCUT2D eigenvalue weighted by molar-refractivity contribution is 5.42. The molecule has 3 rings (SSSR count). The molecule has 0 amide bonds. The Labute approximate surface area is 173 Å². The number of piperidine rings is 1.